The highest BCUT2D eigenvalue weighted by Crippen LogP contribution is 2.26. The molecule has 0 radical (unpaired) electrons. The van der Waals surface area contributed by atoms with Gasteiger partial charge in [-0.25, -0.2) is 15.0 Å². The normalized spacial score (nSPS) is 15.4. The third kappa shape index (κ3) is 3.68. The van der Waals surface area contributed by atoms with Crippen molar-refractivity contribution in [2.75, 3.05) is 23.3 Å². The van der Waals surface area contributed by atoms with E-state index in [1.807, 2.05) is 38.2 Å². The number of anilines is 3. The predicted molar refractivity (Wildman–Crippen MR) is 109 cm³/mol. The van der Waals surface area contributed by atoms with Gasteiger partial charge in [0, 0.05) is 18.8 Å². The number of piperidine rings is 1. The van der Waals surface area contributed by atoms with Gasteiger partial charge in [0.1, 0.15) is 11.2 Å². The van der Waals surface area contributed by atoms with Gasteiger partial charge in [-0.05, 0) is 37.0 Å². The lowest BCUT2D eigenvalue weighted by Gasteiger charge is -2.31. The number of H-pyrrole nitrogens is 1. The first kappa shape index (κ1) is 18.4. The summed E-state index contributed by atoms with van der Waals surface area (Å²) in [6.07, 6.45) is 4.53. The predicted octanol–water partition coefficient (Wildman–Crippen LogP) is 2.54. The van der Waals surface area contributed by atoms with Gasteiger partial charge in [0.05, 0.1) is 30.0 Å². The van der Waals surface area contributed by atoms with E-state index in [1.165, 1.54) is 6.33 Å². The molecule has 3 aromatic rings. The van der Waals surface area contributed by atoms with Crippen LogP contribution in [0.1, 0.15) is 38.3 Å². The van der Waals surface area contributed by atoms with Crippen LogP contribution in [0.15, 0.2) is 35.5 Å². The van der Waals surface area contributed by atoms with E-state index in [4.69, 9.17) is 0 Å². The fraction of sp³-hybridized carbons (Fsp3) is 0.400. The van der Waals surface area contributed by atoms with Crippen molar-refractivity contribution in [2.45, 2.75) is 38.7 Å². The van der Waals surface area contributed by atoms with E-state index < -0.39 is 0 Å². The molecule has 1 saturated heterocycles. The molecule has 0 bridgehead atoms. The lowest BCUT2D eigenvalue weighted by atomic mass is 10.1. The highest BCUT2D eigenvalue weighted by Gasteiger charge is 2.18. The summed E-state index contributed by atoms with van der Waals surface area (Å²) < 4.78 is 0. The lowest BCUT2D eigenvalue weighted by Crippen LogP contribution is -2.35. The van der Waals surface area contributed by atoms with Gasteiger partial charge in [0.2, 0.25) is 0 Å². The first-order valence-electron chi connectivity index (χ1n) is 9.55. The maximum Gasteiger partial charge on any atom is 0.262 e. The van der Waals surface area contributed by atoms with Crippen molar-refractivity contribution in [1.82, 2.24) is 19.9 Å². The van der Waals surface area contributed by atoms with Crippen LogP contribution in [0.3, 0.4) is 0 Å². The zero-order valence-electron chi connectivity index (χ0n) is 16.0. The molecule has 0 spiro atoms. The molecule has 0 aromatic carbocycles. The van der Waals surface area contributed by atoms with Crippen molar-refractivity contribution in [2.24, 2.45) is 0 Å². The average Bonchev–Trinajstić information content (AvgIpc) is 2.69. The fourth-order valence-corrected chi connectivity index (χ4v) is 3.40. The minimum atomic E-state index is -0.237. The number of hydrogen-bond donors (Lipinski definition) is 3. The van der Waals surface area contributed by atoms with Gasteiger partial charge < -0.3 is 20.3 Å². The number of nitrogens with one attached hydrogen (secondary N) is 2. The Labute approximate surface area is 162 Å². The molecule has 28 heavy (non-hydrogen) atoms. The molecule has 1 aliphatic heterocycles. The van der Waals surface area contributed by atoms with Crippen LogP contribution in [0.4, 0.5) is 17.2 Å². The maximum absolute atomic E-state index is 12.3. The van der Waals surface area contributed by atoms with Crippen molar-refractivity contribution < 1.29 is 5.11 Å². The summed E-state index contributed by atoms with van der Waals surface area (Å²) >= 11 is 0. The van der Waals surface area contributed by atoms with Gasteiger partial charge in [0.15, 0.2) is 5.65 Å². The second-order valence-corrected chi connectivity index (χ2v) is 7.42. The summed E-state index contributed by atoms with van der Waals surface area (Å²) in [7, 11) is 0. The highest BCUT2D eigenvalue weighted by atomic mass is 16.3. The number of aliphatic hydroxyl groups excluding tert-OH is 1. The van der Waals surface area contributed by atoms with E-state index in [0.717, 1.165) is 37.3 Å². The standard InChI is InChI=1S/C20H24N6O2/c1-12(2)15-9-16(18-19(25-15)22-11-23-20(18)28)24-17-4-3-13(10-21-17)26-7-5-14(27)6-8-26/h3-4,9-12,14,27H,5-8H2,1-2H3,(H2,21,22,23,24,25,28). The fourth-order valence-electron chi connectivity index (χ4n) is 3.40. The van der Waals surface area contributed by atoms with Crippen LogP contribution in [-0.2, 0) is 0 Å². The van der Waals surface area contributed by atoms with E-state index in [0.29, 0.717) is 22.5 Å². The molecular formula is C20H24N6O2. The summed E-state index contributed by atoms with van der Waals surface area (Å²) in [5.74, 6) is 0.849. The Morgan fingerprint density at radius 3 is 2.71 bits per heavy atom. The van der Waals surface area contributed by atoms with Gasteiger partial charge in [-0.1, -0.05) is 13.8 Å². The van der Waals surface area contributed by atoms with Crippen LogP contribution in [0.5, 0.6) is 0 Å². The van der Waals surface area contributed by atoms with Crippen LogP contribution >= 0.6 is 0 Å². The van der Waals surface area contributed by atoms with Crippen molar-refractivity contribution in [3.8, 4) is 0 Å². The first-order chi connectivity index (χ1) is 13.5. The summed E-state index contributed by atoms with van der Waals surface area (Å²) in [5.41, 5.74) is 2.71. The summed E-state index contributed by atoms with van der Waals surface area (Å²) in [4.78, 5) is 30.4. The molecule has 1 fully saturated rings. The lowest BCUT2D eigenvalue weighted by molar-refractivity contribution is 0.145. The monoisotopic (exact) mass is 380 g/mol. The Morgan fingerprint density at radius 1 is 1.25 bits per heavy atom. The van der Waals surface area contributed by atoms with Gasteiger partial charge in [-0.2, -0.15) is 0 Å². The number of pyridine rings is 2. The Morgan fingerprint density at radius 2 is 2.04 bits per heavy atom. The number of aromatic nitrogens is 4. The number of aromatic amines is 1. The second kappa shape index (κ2) is 7.55. The zero-order valence-corrected chi connectivity index (χ0v) is 16.0. The third-order valence-corrected chi connectivity index (χ3v) is 5.06. The van der Waals surface area contributed by atoms with Crippen molar-refractivity contribution in [3.63, 3.8) is 0 Å². The molecule has 3 aromatic heterocycles. The van der Waals surface area contributed by atoms with E-state index in [1.54, 1.807) is 0 Å². The summed E-state index contributed by atoms with van der Waals surface area (Å²) in [5, 5.41) is 13.3. The van der Waals surface area contributed by atoms with Crippen LogP contribution in [0.25, 0.3) is 11.0 Å². The Balaban J connectivity index is 1.63. The van der Waals surface area contributed by atoms with Crippen molar-refractivity contribution in [3.05, 3.63) is 46.8 Å². The molecule has 146 valence electrons. The summed E-state index contributed by atoms with van der Waals surface area (Å²) in [6.45, 7) is 5.74. The highest BCUT2D eigenvalue weighted by molar-refractivity contribution is 5.90. The first-order valence-corrected chi connectivity index (χ1v) is 9.55. The Bertz CT molecular complexity index is 1020. The molecule has 0 saturated carbocycles. The van der Waals surface area contributed by atoms with Crippen molar-refractivity contribution in [1.29, 1.82) is 0 Å². The second-order valence-electron chi connectivity index (χ2n) is 7.42. The number of nitrogens with zero attached hydrogens (tertiary/aromatic N) is 4. The molecule has 4 rings (SSSR count). The number of aliphatic hydroxyl groups is 1. The molecule has 4 heterocycles. The van der Waals surface area contributed by atoms with Gasteiger partial charge >= 0.3 is 0 Å². The molecule has 0 atom stereocenters. The number of hydrogen-bond acceptors (Lipinski definition) is 7. The van der Waals surface area contributed by atoms with Crippen LogP contribution in [0, 0.1) is 0 Å². The SMILES string of the molecule is CC(C)c1cc(Nc2ccc(N3CCC(O)CC3)cn2)c2c(=O)[nH]cnc2n1. The molecule has 0 amide bonds. The van der Waals surface area contributed by atoms with Gasteiger partial charge in [-0.3, -0.25) is 4.79 Å². The molecule has 1 aliphatic rings. The summed E-state index contributed by atoms with van der Waals surface area (Å²) in [6, 6.07) is 5.78. The van der Waals surface area contributed by atoms with E-state index in [2.05, 4.69) is 30.2 Å². The van der Waals surface area contributed by atoms with Gasteiger partial charge in [-0.15, -0.1) is 0 Å². The topological polar surface area (TPSA) is 107 Å². The van der Waals surface area contributed by atoms with Crippen molar-refractivity contribution >= 4 is 28.2 Å². The smallest absolute Gasteiger partial charge is 0.262 e. The Hall–Kier alpha value is -3.00. The van der Waals surface area contributed by atoms with E-state index in [9.17, 15) is 9.90 Å². The number of fused-ring (bicyclic) bond motifs is 1. The maximum atomic E-state index is 12.3. The molecule has 0 aliphatic carbocycles. The molecule has 8 heteroatoms. The molecule has 0 unspecified atom stereocenters. The van der Waals surface area contributed by atoms with Crippen LogP contribution in [0.2, 0.25) is 0 Å². The largest absolute Gasteiger partial charge is 0.393 e. The molecular weight excluding hydrogens is 356 g/mol. The third-order valence-electron chi connectivity index (χ3n) is 5.06. The molecule has 8 nitrogen and oxygen atoms in total. The van der Waals surface area contributed by atoms with E-state index in [-0.39, 0.29) is 17.6 Å². The van der Waals surface area contributed by atoms with Crippen LogP contribution in [-0.4, -0.2) is 44.2 Å². The Kier molecular flexibility index (Phi) is 4.95. The quantitative estimate of drug-likeness (QED) is 0.638. The average molecular weight is 380 g/mol. The molecule has 3 N–H and O–H groups in total. The van der Waals surface area contributed by atoms with E-state index >= 15 is 0 Å². The zero-order chi connectivity index (χ0) is 19.7. The number of rotatable bonds is 4. The minimum Gasteiger partial charge on any atom is -0.393 e. The minimum absolute atomic E-state index is 0.202. The van der Waals surface area contributed by atoms with Crippen LogP contribution < -0.4 is 15.8 Å². The van der Waals surface area contributed by atoms with Gasteiger partial charge in [0.25, 0.3) is 5.56 Å².